The number of benzene rings is 2. The van der Waals surface area contributed by atoms with E-state index < -0.39 is 25.4 Å². The van der Waals surface area contributed by atoms with E-state index in [9.17, 15) is 19.3 Å². The van der Waals surface area contributed by atoms with E-state index in [0.717, 1.165) is 21.2 Å². The number of carboxylic acids is 1. The van der Waals surface area contributed by atoms with Gasteiger partial charge in [0.1, 0.15) is 10.9 Å². The van der Waals surface area contributed by atoms with Crippen molar-refractivity contribution < 1.29 is 24.0 Å². The van der Waals surface area contributed by atoms with Gasteiger partial charge in [-0.25, -0.2) is 9.88 Å². The molecule has 0 radical (unpaired) electrons. The van der Waals surface area contributed by atoms with Crippen molar-refractivity contribution in [1.82, 2.24) is 10.2 Å². The lowest BCUT2D eigenvalue weighted by Crippen LogP contribution is -2.38. The molecule has 0 amide bonds. The summed E-state index contributed by atoms with van der Waals surface area (Å²) in [5.74, 6) is -1.44. The molecule has 0 aliphatic carbocycles. The molecule has 0 aliphatic heterocycles. The molecule has 0 saturated heterocycles. The summed E-state index contributed by atoms with van der Waals surface area (Å²) in [7, 11) is -3.26. The van der Waals surface area contributed by atoms with Gasteiger partial charge in [0.25, 0.3) is 0 Å². The third-order valence-corrected chi connectivity index (χ3v) is 8.07. The minimum Gasteiger partial charge on any atom is -0.477 e. The number of rotatable bonds is 10. The number of thiophene rings is 1. The minimum atomic E-state index is -3.26. The van der Waals surface area contributed by atoms with Gasteiger partial charge in [-0.1, -0.05) is 36.4 Å². The van der Waals surface area contributed by atoms with Gasteiger partial charge in [0.05, 0.1) is 12.3 Å². The zero-order chi connectivity index (χ0) is 23.3. The average molecular weight is 475 g/mol. The molecule has 0 spiro atoms. The summed E-state index contributed by atoms with van der Waals surface area (Å²) in [6, 6.07) is 15.9. The van der Waals surface area contributed by atoms with Crippen molar-refractivity contribution in [3.05, 3.63) is 70.6 Å². The summed E-state index contributed by atoms with van der Waals surface area (Å²) in [6.45, 7) is 5.52. The van der Waals surface area contributed by atoms with Crippen LogP contribution in [0.1, 0.15) is 41.6 Å². The summed E-state index contributed by atoms with van der Waals surface area (Å²) in [6.07, 6.45) is -0.124. The molecule has 3 rings (SSSR count). The van der Waals surface area contributed by atoms with Crippen LogP contribution in [0.4, 0.5) is 0 Å². The maximum atomic E-state index is 13.9. The molecule has 2 unspecified atom stereocenters. The first-order chi connectivity index (χ1) is 15.1. The Morgan fingerprint density at radius 3 is 2.44 bits per heavy atom. The van der Waals surface area contributed by atoms with Gasteiger partial charge >= 0.3 is 11.9 Å². The van der Waals surface area contributed by atoms with Crippen molar-refractivity contribution in [3.8, 4) is 0 Å². The topological polar surface area (TPSA) is 105 Å². The summed E-state index contributed by atoms with van der Waals surface area (Å²) >= 11 is 1.20. The van der Waals surface area contributed by atoms with Gasteiger partial charge in [0, 0.05) is 11.2 Å². The lowest BCUT2D eigenvalue weighted by Gasteiger charge is -2.25. The van der Waals surface area contributed by atoms with E-state index in [4.69, 9.17) is 4.74 Å². The van der Waals surface area contributed by atoms with E-state index in [2.05, 4.69) is 10.2 Å². The predicted molar refractivity (Wildman–Crippen MR) is 127 cm³/mol. The maximum absolute atomic E-state index is 13.9. The molecule has 32 heavy (non-hydrogen) atoms. The molecule has 2 aromatic carbocycles. The van der Waals surface area contributed by atoms with E-state index >= 15 is 0 Å². The number of carboxylic acid groups (broad SMARTS) is 1. The van der Waals surface area contributed by atoms with E-state index in [0.29, 0.717) is 6.54 Å². The molecule has 0 fully saturated rings. The number of esters is 1. The smallest absolute Gasteiger partial charge is 0.345 e. The molecule has 1 heterocycles. The van der Waals surface area contributed by atoms with Gasteiger partial charge in [-0.05, 0) is 55.5 Å². The van der Waals surface area contributed by atoms with Crippen molar-refractivity contribution in [1.29, 1.82) is 0 Å². The second-order valence-corrected chi connectivity index (χ2v) is 11.3. The summed E-state index contributed by atoms with van der Waals surface area (Å²) in [5.41, 5.74) is 1.74. The second kappa shape index (κ2) is 10.4. The Hall–Kier alpha value is -2.51. The highest BCUT2D eigenvalue weighted by Crippen LogP contribution is 2.42. The SMILES string of the molecule is CC(C)OC(=O)C(C)NP(=O)(Cc1ccc2sc(C(=O)O)cc2c1)NCc1ccccc1. The highest BCUT2D eigenvalue weighted by Gasteiger charge is 2.28. The first-order valence-electron chi connectivity index (χ1n) is 10.3. The molecule has 9 heteroatoms. The summed E-state index contributed by atoms with van der Waals surface area (Å²) in [5, 5.41) is 16.1. The predicted octanol–water partition coefficient (Wildman–Crippen LogP) is 5.01. The van der Waals surface area contributed by atoms with Crippen LogP contribution in [-0.2, 0) is 26.8 Å². The highest BCUT2D eigenvalue weighted by molar-refractivity contribution is 7.59. The fourth-order valence-corrected chi connectivity index (χ4v) is 6.27. The molecule has 7 nitrogen and oxygen atoms in total. The average Bonchev–Trinajstić information content (AvgIpc) is 3.16. The zero-order valence-corrected chi connectivity index (χ0v) is 19.9. The molecule has 2 atom stereocenters. The van der Waals surface area contributed by atoms with E-state index in [-0.39, 0.29) is 17.1 Å². The fraction of sp³-hybridized carbons (Fsp3) is 0.304. The Kier molecular flexibility index (Phi) is 7.85. The number of ether oxygens (including phenoxy) is 1. The largest absolute Gasteiger partial charge is 0.477 e. The van der Waals surface area contributed by atoms with Crippen LogP contribution >= 0.6 is 18.8 Å². The number of nitrogens with one attached hydrogen (secondary N) is 2. The third kappa shape index (κ3) is 6.50. The standard InChI is InChI=1S/C23H27N2O5PS/c1-15(2)30-23(28)16(3)25-31(29,24-13-17-7-5-4-6-8-17)14-18-9-10-20-19(11-18)12-21(32-20)22(26)27/h4-12,15-16H,13-14H2,1-3H3,(H,26,27)(H2,24,25,29). The zero-order valence-electron chi connectivity index (χ0n) is 18.2. The van der Waals surface area contributed by atoms with Crippen LogP contribution < -0.4 is 10.2 Å². The Morgan fingerprint density at radius 1 is 1.06 bits per heavy atom. The van der Waals surface area contributed by atoms with Crippen molar-refractivity contribution in [2.24, 2.45) is 0 Å². The molecule has 0 bridgehead atoms. The lowest BCUT2D eigenvalue weighted by atomic mass is 10.2. The van der Waals surface area contributed by atoms with Crippen LogP contribution in [0.2, 0.25) is 0 Å². The number of carbonyl (C=O) groups is 2. The van der Waals surface area contributed by atoms with Crippen molar-refractivity contribution in [2.45, 2.75) is 45.6 Å². The van der Waals surface area contributed by atoms with E-state index in [1.165, 1.54) is 11.3 Å². The van der Waals surface area contributed by atoms with Crippen molar-refractivity contribution in [2.75, 3.05) is 0 Å². The van der Waals surface area contributed by atoms with E-state index in [1.807, 2.05) is 48.5 Å². The van der Waals surface area contributed by atoms with Gasteiger partial charge in [0.15, 0.2) is 0 Å². The Bertz CT molecular complexity index is 1150. The van der Waals surface area contributed by atoms with Gasteiger partial charge < -0.3 is 9.84 Å². The number of hydrogen-bond donors (Lipinski definition) is 3. The lowest BCUT2D eigenvalue weighted by molar-refractivity contribution is -0.148. The molecule has 170 valence electrons. The van der Waals surface area contributed by atoms with Crippen LogP contribution in [0.15, 0.2) is 54.6 Å². The Labute approximate surface area is 191 Å². The molecule has 0 saturated carbocycles. The highest BCUT2D eigenvalue weighted by atomic mass is 32.1. The maximum Gasteiger partial charge on any atom is 0.345 e. The number of hydrogen-bond acceptors (Lipinski definition) is 5. The van der Waals surface area contributed by atoms with Crippen LogP contribution in [-0.4, -0.2) is 29.2 Å². The first kappa shape index (κ1) is 24.1. The Morgan fingerprint density at radius 2 is 1.78 bits per heavy atom. The molecular formula is C23H27N2O5PS. The quantitative estimate of drug-likeness (QED) is 0.280. The van der Waals surface area contributed by atoms with Crippen LogP contribution in [0.5, 0.6) is 0 Å². The number of fused-ring (bicyclic) bond motifs is 1. The molecule has 3 aromatic rings. The van der Waals surface area contributed by atoms with Gasteiger partial charge in [0.2, 0.25) is 7.44 Å². The molecule has 3 N–H and O–H groups in total. The van der Waals surface area contributed by atoms with E-state index in [1.54, 1.807) is 26.8 Å². The first-order valence-corrected chi connectivity index (χ1v) is 13.0. The number of aromatic carboxylic acids is 1. The van der Waals surface area contributed by atoms with Crippen molar-refractivity contribution in [3.63, 3.8) is 0 Å². The minimum absolute atomic E-state index is 0.146. The Balaban J connectivity index is 1.83. The summed E-state index contributed by atoms with van der Waals surface area (Å²) < 4.78 is 20.0. The van der Waals surface area contributed by atoms with Gasteiger partial charge in [-0.15, -0.1) is 11.3 Å². The monoisotopic (exact) mass is 474 g/mol. The number of carbonyl (C=O) groups excluding carboxylic acids is 1. The van der Waals surface area contributed by atoms with Gasteiger partial charge in [-0.2, -0.15) is 0 Å². The van der Waals surface area contributed by atoms with Crippen LogP contribution in [0.25, 0.3) is 10.1 Å². The van der Waals surface area contributed by atoms with Crippen LogP contribution in [0.3, 0.4) is 0 Å². The third-order valence-electron chi connectivity index (χ3n) is 4.69. The fourth-order valence-electron chi connectivity index (χ4n) is 3.22. The molecule has 1 aromatic heterocycles. The van der Waals surface area contributed by atoms with Crippen molar-refractivity contribution >= 4 is 40.8 Å². The second-order valence-electron chi connectivity index (χ2n) is 7.84. The molecular weight excluding hydrogens is 447 g/mol. The van der Waals surface area contributed by atoms with Gasteiger partial charge in [-0.3, -0.25) is 14.4 Å². The summed E-state index contributed by atoms with van der Waals surface area (Å²) in [4.78, 5) is 23.8. The molecule has 0 aliphatic rings. The normalized spacial score (nSPS) is 14.2. The van der Waals surface area contributed by atoms with Crippen LogP contribution in [0, 0.1) is 0 Å².